The van der Waals surface area contributed by atoms with Gasteiger partial charge in [0.2, 0.25) is 0 Å². The third kappa shape index (κ3) is 5.05. The van der Waals surface area contributed by atoms with E-state index in [0.717, 1.165) is 0 Å². The highest BCUT2D eigenvalue weighted by Crippen LogP contribution is 2.23. The van der Waals surface area contributed by atoms with Crippen molar-refractivity contribution in [2.75, 3.05) is 26.9 Å². The molecule has 0 aromatic heterocycles. The standard InChI is InChI=1S/C14H28O10/c1-6(7(17)3-15)10(19)12(21)14(22-2)24-13-8(18)5-23-9(4-16)11(13)20/h6-21H,3-5H2,1-2H3/t6?,7-,8-,9?,10?,11?,12?,13?,14?/m1/s1. The van der Waals surface area contributed by atoms with Gasteiger partial charge in [-0.25, -0.2) is 0 Å². The minimum absolute atomic E-state index is 0.193. The second-order valence-electron chi connectivity index (χ2n) is 5.91. The quantitative estimate of drug-likeness (QED) is 0.203. The first kappa shape index (κ1) is 21.6. The van der Waals surface area contributed by atoms with Crippen LogP contribution >= 0.6 is 0 Å². The first-order valence-electron chi connectivity index (χ1n) is 7.70. The van der Waals surface area contributed by atoms with Crippen LogP contribution in [0, 0.1) is 5.92 Å². The molecule has 0 spiro atoms. The van der Waals surface area contributed by atoms with Crippen molar-refractivity contribution in [3.63, 3.8) is 0 Å². The number of hydrogen-bond donors (Lipinski definition) is 7. The highest BCUT2D eigenvalue weighted by Gasteiger charge is 2.43. The molecule has 10 nitrogen and oxygen atoms in total. The van der Waals surface area contributed by atoms with Crippen LogP contribution in [0.4, 0.5) is 0 Å². The Kier molecular flexibility index (Phi) is 8.95. The highest BCUT2D eigenvalue weighted by molar-refractivity contribution is 4.89. The van der Waals surface area contributed by atoms with E-state index in [4.69, 9.17) is 24.4 Å². The Balaban J connectivity index is 2.77. The summed E-state index contributed by atoms with van der Waals surface area (Å²) in [6.07, 6.45) is -10.6. The Bertz CT molecular complexity index is 356. The first-order valence-corrected chi connectivity index (χ1v) is 7.70. The minimum atomic E-state index is -1.62. The molecule has 0 amide bonds. The van der Waals surface area contributed by atoms with Gasteiger partial charge in [0.05, 0.1) is 32.0 Å². The maximum atomic E-state index is 10.2. The maximum absolute atomic E-state index is 10.2. The van der Waals surface area contributed by atoms with Crippen LogP contribution in [0.25, 0.3) is 0 Å². The summed E-state index contributed by atoms with van der Waals surface area (Å²) >= 11 is 0. The summed E-state index contributed by atoms with van der Waals surface area (Å²) in [4.78, 5) is 0. The van der Waals surface area contributed by atoms with Gasteiger partial charge in [-0.05, 0) is 0 Å². The number of methoxy groups -OCH3 is 1. The molecular weight excluding hydrogens is 328 g/mol. The summed E-state index contributed by atoms with van der Waals surface area (Å²) < 4.78 is 15.4. The van der Waals surface area contributed by atoms with Gasteiger partial charge in [0, 0.05) is 13.0 Å². The van der Waals surface area contributed by atoms with Crippen molar-refractivity contribution in [2.45, 2.75) is 55.9 Å². The van der Waals surface area contributed by atoms with Gasteiger partial charge in [-0.15, -0.1) is 0 Å². The van der Waals surface area contributed by atoms with Gasteiger partial charge in [-0.1, -0.05) is 6.92 Å². The summed E-state index contributed by atoms with van der Waals surface area (Å²) in [6.45, 7) is 0.137. The van der Waals surface area contributed by atoms with Crippen molar-refractivity contribution in [2.24, 2.45) is 5.92 Å². The summed E-state index contributed by atoms with van der Waals surface area (Å²) in [5.41, 5.74) is 0. The van der Waals surface area contributed by atoms with E-state index in [0.29, 0.717) is 0 Å². The molecule has 0 aromatic carbocycles. The third-order valence-corrected chi connectivity index (χ3v) is 4.24. The molecule has 1 fully saturated rings. The molecule has 0 aromatic rings. The van der Waals surface area contributed by atoms with Gasteiger partial charge < -0.3 is 50.0 Å². The summed E-state index contributed by atoms with van der Waals surface area (Å²) in [5, 5.41) is 67.8. The van der Waals surface area contributed by atoms with Crippen molar-refractivity contribution >= 4 is 0 Å². The van der Waals surface area contributed by atoms with Gasteiger partial charge in [0.25, 0.3) is 0 Å². The fraction of sp³-hybridized carbons (Fsp3) is 1.00. The molecule has 1 aliphatic rings. The van der Waals surface area contributed by atoms with Crippen LogP contribution in [0.2, 0.25) is 0 Å². The topological polar surface area (TPSA) is 169 Å². The van der Waals surface area contributed by atoms with Gasteiger partial charge in [-0.2, -0.15) is 0 Å². The average molecular weight is 356 g/mol. The zero-order valence-corrected chi connectivity index (χ0v) is 13.7. The average Bonchev–Trinajstić information content (AvgIpc) is 2.59. The lowest BCUT2D eigenvalue weighted by molar-refractivity contribution is -0.286. The predicted octanol–water partition coefficient (Wildman–Crippen LogP) is -3.83. The predicted molar refractivity (Wildman–Crippen MR) is 78.8 cm³/mol. The van der Waals surface area contributed by atoms with Crippen LogP contribution < -0.4 is 0 Å². The largest absolute Gasteiger partial charge is 0.394 e. The molecule has 24 heavy (non-hydrogen) atoms. The molecule has 1 rings (SSSR count). The van der Waals surface area contributed by atoms with Crippen molar-refractivity contribution in [1.82, 2.24) is 0 Å². The van der Waals surface area contributed by atoms with E-state index in [1.807, 2.05) is 0 Å². The summed E-state index contributed by atoms with van der Waals surface area (Å²) in [5.74, 6) is -0.888. The maximum Gasteiger partial charge on any atom is 0.186 e. The fourth-order valence-corrected chi connectivity index (χ4v) is 2.48. The van der Waals surface area contributed by atoms with E-state index in [1.165, 1.54) is 14.0 Å². The molecule has 0 bridgehead atoms. The van der Waals surface area contributed by atoms with Gasteiger partial charge in [0.1, 0.15) is 30.5 Å². The molecule has 1 heterocycles. The zero-order valence-electron chi connectivity index (χ0n) is 13.7. The Labute approximate surface area is 139 Å². The van der Waals surface area contributed by atoms with E-state index in [1.54, 1.807) is 0 Å². The van der Waals surface area contributed by atoms with Gasteiger partial charge in [0.15, 0.2) is 6.29 Å². The minimum Gasteiger partial charge on any atom is -0.394 e. The number of ether oxygens (including phenoxy) is 3. The number of aliphatic hydroxyl groups is 7. The SMILES string of the molecule is COC(OC1C(O)C(CO)OC[C@H]1O)C(O)C(O)C(C)[C@H](O)CO. The normalized spacial score (nSPS) is 34.4. The monoisotopic (exact) mass is 356 g/mol. The van der Waals surface area contributed by atoms with Crippen LogP contribution in [0.15, 0.2) is 0 Å². The Morgan fingerprint density at radius 1 is 1.12 bits per heavy atom. The second kappa shape index (κ2) is 9.92. The lowest BCUT2D eigenvalue weighted by atomic mass is 9.94. The number of aliphatic hydroxyl groups excluding tert-OH is 7. The van der Waals surface area contributed by atoms with Crippen LogP contribution in [0.5, 0.6) is 0 Å². The zero-order chi connectivity index (χ0) is 18.4. The van der Waals surface area contributed by atoms with E-state index >= 15 is 0 Å². The molecule has 7 unspecified atom stereocenters. The van der Waals surface area contributed by atoms with E-state index in [9.17, 15) is 25.5 Å². The lowest BCUT2D eigenvalue weighted by Gasteiger charge is -2.40. The molecule has 10 heteroatoms. The Morgan fingerprint density at radius 3 is 2.25 bits per heavy atom. The first-order chi connectivity index (χ1) is 11.3. The number of hydrogen-bond acceptors (Lipinski definition) is 10. The van der Waals surface area contributed by atoms with Crippen LogP contribution in [-0.4, -0.2) is 112 Å². The van der Waals surface area contributed by atoms with E-state index < -0.39 is 68.1 Å². The van der Waals surface area contributed by atoms with Crippen LogP contribution in [0.3, 0.4) is 0 Å². The molecule has 0 saturated carbocycles. The summed E-state index contributed by atoms with van der Waals surface area (Å²) in [6, 6.07) is 0. The molecule has 0 radical (unpaired) electrons. The van der Waals surface area contributed by atoms with Crippen molar-refractivity contribution in [3.05, 3.63) is 0 Å². The van der Waals surface area contributed by atoms with E-state index in [-0.39, 0.29) is 6.61 Å². The van der Waals surface area contributed by atoms with Crippen LogP contribution in [-0.2, 0) is 14.2 Å². The van der Waals surface area contributed by atoms with Crippen molar-refractivity contribution < 1.29 is 50.0 Å². The summed E-state index contributed by atoms with van der Waals surface area (Å²) in [7, 11) is 1.19. The molecule has 1 saturated heterocycles. The third-order valence-electron chi connectivity index (χ3n) is 4.24. The van der Waals surface area contributed by atoms with Gasteiger partial charge in [-0.3, -0.25) is 0 Å². The Hall–Kier alpha value is -0.400. The molecule has 0 aliphatic carbocycles. The molecule has 144 valence electrons. The highest BCUT2D eigenvalue weighted by atomic mass is 16.7. The smallest absolute Gasteiger partial charge is 0.186 e. The molecular formula is C14H28O10. The molecule has 1 aliphatic heterocycles. The van der Waals surface area contributed by atoms with Crippen molar-refractivity contribution in [3.8, 4) is 0 Å². The van der Waals surface area contributed by atoms with Crippen molar-refractivity contribution in [1.29, 1.82) is 0 Å². The van der Waals surface area contributed by atoms with Gasteiger partial charge >= 0.3 is 0 Å². The van der Waals surface area contributed by atoms with Crippen LogP contribution in [0.1, 0.15) is 6.92 Å². The van der Waals surface area contributed by atoms with E-state index in [2.05, 4.69) is 0 Å². The number of rotatable bonds is 9. The lowest BCUT2D eigenvalue weighted by Crippen LogP contribution is -2.58. The fourth-order valence-electron chi connectivity index (χ4n) is 2.48. The Morgan fingerprint density at radius 2 is 1.75 bits per heavy atom. The molecule has 9 atom stereocenters. The second-order valence-corrected chi connectivity index (χ2v) is 5.91. The molecule has 7 N–H and O–H groups in total.